The highest BCUT2D eigenvalue weighted by molar-refractivity contribution is 5.51. The van der Waals surface area contributed by atoms with E-state index >= 15 is 0 Å². The van der Waals surface area contributed by atoms with Crippen LogP contribution in [-0.4, -0.2) is 19.8 Å². The molecule has 3 nitrogen and oxygen atoms in total. The van der Waals surface area contributed by atoms with Gasteiger partial charge in [0.15, 0.2) is 11.5 Å². The highest BCUT2D eigenvalue weighted by Gasteiger charge is 2.22. The van der Waals surface area contributed by atoms with E-state index in [1.54, 1.807) is 14.2 Å². The van der Waals surface area contributed by atoms with Crippen molar-refractivity contribution in [3.05, 3.63) is 23.3 Å². The molecule has 0 saturated carbocycles. The van der Waals surface area contributed by atoms with Gasteiger partial charge in [0.1, 0.15) is 0 Å². The van der Waals surface area contributed by atoms with E-state index in [-0.39, 0.29) is 11.0 Å². The number of nitrogens with two attached hydrogens (primary N) is 1. The lowest BCUT2D eigenvalue weighted by Crippen LogP contribution is -2.34. The number of methoxy groups -OCH3 is 2. The maximum atomic E-state index is 6.15. The van der Waals surface area contributed by atoms with Gasteiger partial charge in [0.2, 0.25) is 0 Å². The van der Waals surface area contributed by atoms with Crippen LogP contribution in [-0.2, 0) is 11.8 Å². The first kappa shape index (κ1) is 15.8. The largest absolute Gasteiger partial charge is 0.493 e. The molecule has 108 valence electrons. The third-order valence-electron chi connectivity index (χ3n) is 3.07. The molecule has 0 bridgehead atoms. The monoisotopic (exact) mass is 265 g/mol. The van der Waals surface area contributed by atoms with E-state index in [1.807, 2.05) is 19.9 Å². The third kappa shape index (κ3) is 4.13. The maximum absolute atomic E-state index is 6.15. The van der Waals surface area contributed by atoms with E-state index < -0.39 is 0 Å². The van der Waals surface area contributed by atoms with Crippen molar-refractivity contribution in [1.29, 1.82) is 0 Å². The van der Waals surface area contributed by atoms with Crippen molar-refractivity contribution < 1.29 is 9.47 Å². The molecule has 0 atom stereocenters. The van der Waals surface area contributed by atoms with Crippen molar-refractivity contribution in [3.8, 4) is 11.5 Å². The lowest BCUT2D eigenvalue weighted by Gasteiger charge is -2.26. The molecule has 0 aliphatic rings. The Bertz CT molecular complexity index is 439. The van der Waals surface area contributed by atoms with Gasteiger partial charge in [0.05, 0.1) is 14.2 Å². The summed E-state index contributed by atoms with van der Waals surface area (Å²) in [5.74, 6) is 1.56. The minimum absolute atomic E-state index is 0.0625. The molecule has 1 rings (SSSR count). The van der Waals surface area contributed by atoms with Crippen LogP contribution in [0.25, 0.3) is 0 Å². The lowest BCUT2D eigenvalue weighted by atomic mass is 9.84. The Morgan fingerprint density at radius 1 is 1.00 bits per heavy atom. The molecule has 1 aromatic rings. The second-order valence-corrected chi connectivity index (χ2v) is 6.79. The van der Waals surface area contributed by atoms with E-state index in [9.17, 15) is 0 Å². The molecule has 0 amide bonds. The highest BCUT2D eigenvalue weighted by atomic mass is 16.5. The third-order valence-corrected chi connectivity index (χ3v) is 3.07. The predicted molar refractivity (Wildman–Crippen MR) is 80.2 cm³/mol. The van der Waals surface area contributed by atoms with Crippen LogP contribution in [0, 0.1) is 0 Å². The zero-order valence-electron chi connectivity index (χ0n) is 13.3. The maximum Gasteiger partial charge on any atom is 0.163 e. The molecule has 0 spiro atoms. The number of rotatable bonds is 4. The minimum atomic E-state index is -0.283. The Morgan fingerprint density at radius 2 is 1.58 bits per heavy atom. The molecule has 19 heavy (non-hydrogen) atoms. The van der Waals surface area contributed by atoms with E-state index in [1.165, 1.54) is 5.56 Å². The van der Waals surface area contributed by atoms with Crippen molar-refractivity contribution in [2.75, 3.05) is 14.2 Å². The van der Waals surface area contributed by atoms with Gasteiger partial charge < -0.3 is 15.2 Å². The second kappa shape index (κ2) is 5.41. The van der Waals surface area contributed by atoms with Gasteiger partial charge in [-0.05, 0) is 37.3 Å². The average Bonchev–Trinajstić information content (AvgIpc) is 2.24. The van der Waals surface area contributed by atoms with Crippen LogP contribution in [0.4, 0.5) is 0 Å². The molecular weight excluding hydrogens is 238 g/mol. The summed E-state index contributed by atoms with van der Waals surface area (Å²) < 4.78 is 11.0. The van der Waals surface area contributed by atoms with Crippen molar-refractivity contribution in [2.45, 2.75) is 52.0 Å². The summed E-state index contributed by atoms with van der Waals surface area (Å²) >= 11 is 0. The van der Waals surface area contributed by atoms with Crippen molar-refractivity contribution in [1.82, 2.24) is 0 Å². The summed E-state index contributed by atoms with van der Waals surface area (Å²) in [6.45, 7) is 10.6. The Morgan fingerprint density at radius 3 is 1.95 bits per heavy atom. The summed E-state index contributed by atoms with van der Waals surface area (Å²) in [6, 6.07) is 4.22. The van der Waals surface area contributed by atoms with Crippen LogP contribution in [0.5, 0.6) is 11.5 Å². The second-order valence-electron chi connectivity index (χ2n) is 6.79. The average molecular weight is 265 g/mol. The number of benzene rings is 1. The van der Waals surface area contributed by atoms with Gasteiger partial charge in [-0.1, -0.05) is 26.8 Å². The minimum Gasteiger partial charge on any atom is -0.493 e. The van der Waals surface area contributed by atoms with Gasteiger partial charge in [0.25, 0.3) is 0 Å². The van der Waals surface area contributed by atoms with Crippen LogP contribution in [0.3, 0.4) is 0 Å². The Kier molecular flexibility index (Phi) is 4.51. The van der Waals surface area contributed by atoms with Gasteiger partial charge in [-0.2, -0.15) is 0 Å². The van der Waals surface area contributed by atoms with Crippen molar-refractivity contribution in [3.63, 3.8) is 0 Å². The number of hydrogen-bond donors (Lipinski definition) is 1. The zero-order valence-corrected chi connectivity index (χ0v) is 13.3. The zero-order chi connectivity index (χ0) is 14.8. The predicted octanol–water partition coefficient (Wildman–Crippen LogP) is 3.28. The first-order chi connectivity index (χ1) is 8.58. The summed E-state index contributed by atoms with van der Waals surface area (Å²) in [5, 5.41) is 0. The topological polar surface area (TPSA) is 44.5 Å². The van der Waals surface area contributed by atoms with Gasteiger partial charge in [-0.25, -0.2) is 0 Å². The Hall–Kier alpha value is -1.22. The van der Waals surface area contributed by atoms with Gasteiger partial charge >= 0.3 is 0 Å². The SMILES string of the molecule is COc1cc(C(C)(C)C)cc(CC(C)(C)N)c1OC. The fourth-order valence-electron chi connectivity index (χ4n) is 2.10. The summed E-state index contributed by atoms with van der Waals surface area (Å²) in [4.78, 5) is 0. The molecule has 2 N–H and O–H groups in total. The Balaban J connectivity index is 3.40. The normalized spacial score (nSPS) is 12.4. The Labute approximate surface area is 117 Å². The van der Waals surface area contributed by atoms with E-state index in [0.29, 0.717) is 0 Å². The van der Waals surface area contributed by atoms with Gasteiger partial charge in [-0.15, -0.1) is 0 Å². The molecule has 0 saturated heterocycles. The van der Waals surface area contributed by atoms with E-state index in [2.05, 4.69) is 26.8 Å². The van der Waals surface area contributed by atoms with Crippen LogP contribution in [0.2, 0.25) is 0 Å². The molecule has 3 heteroatoms. The molecule has 0 aliphatic heterocycles. The fraction of sp³-hybridized carbons (Fsp3) is 0.625. The number of ether oxygens (including phenoxy) is 2. The molecule has 0 radical (unpaired) electrons. The quantitative estimate of drug-likeness (QED) is 0.908. The molecule has 0 fully saturated rings. The van der Waals surface area contributed by atoms with E-state index in [4.69, 9.17) is 15.2 Å². The van der Waals surface area contributed by atoms with Gasteiger partial charge in [-0.3, -0.25) is 0 Å². The summed E-state index contributed by atoms with van der Waals surface area (Å²) in [6.07, 6.45) is 0.746. The molecule has 1 aromatic carbocycles. The number of hydrogen-bond acceptors (Lipinski definition) is 3. The van der Waals surface area contributed by atoms with Crippen LogP contribution < -0.4 is 15.2 Å². The first-order valence-corrected chi connectivity index (χ1v) is 6.63. The van der Waals surface area contributed by atoms with Crippen LogP contribution >= 0.6 is 0 Å². The molecule has 0 heterocycles. The summed E-state index contributed by atoms with van der Waals surface area (Å²) in [7, 11) is 3.34. The molecule has 0 unspecified atom stereocenters. The highest BCUT2D eigenvalue weighted by Crippen LogP contribution is 2.37. The van der Waals surface area contributed by atoms with Crippen molar-refractivity contribution >= 4 is 0 Å². The van der Waals surface area contributed by atoms with Crippen LogP contribution in [0.15, 0.2) is 12.1 Å². The standard InChI is InChI=1S/C16H27NO2/c1-15(2,3)12-8-11(10-16(4,5)17)14(19-7)13(9-12)18-6/h8-9H,10,17H2,1-7H3. The molecule has 0 aliphatic carbocycles. The smallest absolute Gasteiger partial charge is 0.163 e. The van der Waals surface area contributed by atoms with Gasteiger partial charge in [0, 0.05) is 11.1 Å². The van der Waals surface area contributed by atoms with E-state index in [0.717, 1.165) is 23.5 Å². The van der Waals surface area contributed by atoms with Crippen LogP contribution in [0.1, 0.15) is 45.7 Å². The van der Waals surface area contributed by atoms with Crippen molar-refractivity contribution in [2.24, 2.45) is 5.73 Å². The lowest BCUT2D eigenvalue weighted by molar-refractivity contribution is 0.347. The molecule has 0 aromatic heterocycles. The molecular formula is C16H27NO2. The fourth-order valence-corrected chi connectivity index (χ4v) is 2.10. The summed E-state index contributed by atoms with van der Waals surface area (Å²) in [5.41, 5.74) is 8.25. The first-order valence-electron chi connectivity index (χ1n) is 6.63.